The van der Waals surface area contributed by atoms with Crippen LogP contribution in [0.15, 0.2) is 47.5 Å². The van der Waals surface area contributed by atoms with Crippen molar-refractivity contribution in [3.8, 4) is 0 Å². The van der Waals surface area contributed by atoms with Crippen molar-refractivity contribution in [3.63, 3.8) is 0 Å². The molecule has 0 fully saturated rings. The summed E-state index contributed by atoms with van der Waals surface area (Å²) in [4.78, 5) is 16.1. The fraction of sp³-hybridized carbons (Fsp3) is 0.300. The molecule has 7 heteroatoms. The summed E-state index contributed by atoms with van der Waals surface area (Å²) in [5, 5.41) is 5.86. The van der Waals surface area contributed by atoms with Crippen molar-refractivity contribution < 1.29 is 9.18 Å². The van der Waals surface area contributed by atoms with Gasteiger partial charge in [0.15, 0.2) is 5.96 Å². The normalized spacial score (nSPS) is 12.9. The predicted molar refractivity (Wildman–Crippen MR) is 117 cm³/mol. The molecule has 144 valence electrons. The SMILES string of the molecule is I.NC(=NCCNC(=O)Cc1ccc(F)cc1)Nc1ccc2c(c1)CCC2. The highest BCUT2D eigenvalue weighted by molar-refractivity contribution is 14.0. The minimum atomic E-state index is -0.310. The molecule has 0 aromatic heterocycles. The second kappa shape index (κ2) is 10.2. The molecule has 0 saturated heterocycles. The molecule has 1 amide bonds. The molecular formula is C20H24FIN4O. The number of rotatable bonds is 6. The van der Waals surface area contributed by atoms with Crippen LogP contribution in [0.5, 0.6) is 0 Å². The predicted octanol–water partition coefficient (Wildman–Crippen LogP) is 3.02. The molecule has 2 aromatic carbocycles. The Morgan fingerprint density at radius 1 is 1.11 bits per heavy atom. The summed E-state index contributed by atoms with van der Waals surface area (Å²) >= 11 is 0. The third-order valence-corrected chi connectivity index (χ3v) is 4.36. The Balaban J connectivity index is 0.00000261. The van der Waals surface area contributed by atoms with Gasteiger partial charge in [-0.15, -0.1) is 24.0 Å². The van der Waals surface area contributed by atoms with Crippen molar-refractivity contribution in [2.24, 2.45) is 10.7 Å². The van der Waals surface area contributed by atoms with Crippen molar-refractivity contribution in [2.45, 2.75) is 25.7 Å². The maximum Gasteiger partial charge on any atom is 0.224 e. The molecule has 4 N–H and O–H groups in total. The minimum absolute atomic E-state index is 0. The first-order chi connectivity index (χ1) is 12.6. The lowest BCUT2D eigenvalue weighted by Gasteiger charge is -2.08. The number of nitrogens with zero attached hydrogens (tertiary/aromatic N) is 1. The number of hydrogen-bond acceptors (Lipinski definition) is 2. The number of hydrogen-bond donors (Lipinski definition) is 3. The van der Waals surface area contributed by atoms with E-state index in [-0.39, 0.29) is 42.1 Å². The molecule has 0 unspecified atom stereocenters. The lowest BCUT2D eigenvalue weighted by Crippen LogP contribution is -2.29. The number of carbonyl (C=O) groups excluding carboxylic acids is 1. The maximum absolute atomic E-state index is 12.8. The number of halogens is 2. The molecule has 1 aliphatic rings. The van der Waals surface area contributed by atoms with Crippen LogP contribution in [0.4, 0.5) is 10.1 Å². The quantitative estimate of drug-likeness (QED) is 0.257. The number of fused-ring (bicyclic) bond motifs is 1. The molecule has 1 aliphatic carbocycles. The molecule has 0 heterocycles. The average molecular weight is 482 g/mol. The van der Waals surface area contributed by atoms with E-state index < -0.39 is 0 Å². The molecule has 27 heavy (non-hydrogen) atoms. The van der Waals surface area contributed by atoms with Crippen LogP contribution in [-0.4, -0.2) is 25.0 Å². The van der Waals surface area contributed by atoms with Gasteiger partial charge < -0.3 is 16.4 Å². The second-order valence-corrected chi connectivity index (χ2v) is 6.38. The zero-order valence-electron chi connectivity index (χ0n) is 15.0. The van der Waals surface area contributed by atoms with Crippen LogP contribution >= 0.6 is 24.0 Å². The first-order valence-corrected chi connectivity index (χ1v) is 8.80. The summed E-state index contributed by atoms with van der Waals surface area (Å²) in [5.41, 5.74) is 10.4. The molecule has 0 saturated carbocycles. The number of amides is 1. The van der Waals surface area contributed by atoms with Crippen molar-refractivity contribution in [1.82, 2.24) is 5.32 Å². The monoisotopic (exact) mass is 482 g/mol. The number of nitrogens with two attached hydrogens (primary N) is 1. The largest absolute Gasteiger partial charge is 0.370 e. The van der Waals surface area contributed by atoms with E-state index in [0.717, 1.165) is 24.1 Å². The van der Waals surface area contributed by atoms with E-state index in [2.05, 4.69) is 27.8 Å². The van der Waals surface area contributed by atoms with E-state index in [4.69, 9.17) is 5.73 Å². The Bertz CT molecular complexity index is 808. The Morgan fingerprint density at radius 2 is 1.85 bits per heavy atom. The van der Waals surface area contributed by atoms with Crippen LogP contribution in [0.25, 0.3) is 0 Å². The molecule has 3 rings (SSSR count). The number of nitrogens with one attached hydrogen (secondary N) is 2. The van der Waals surface area contributed by atoms with Crippen LogP contribution in [0.1, 0.15) is 23.1 Å². The van der Waals surface area contributed by atoms with Crippen molar-refractivity contribution in [1.29, 1.82) is 0 Å². The fourth-order valence-electron chi connectivity index (χ4n) is 3.06. The van der Waals surface area contributed by atoms with E-state index in [9.17, 15) is 9.18 Å². The molecule has 0 atom stereocenters. The molecule has 0 radical (unpaired) electrons. The first-order valence-electron chi connectivity index (χ1n) is 8.80. The summed E-state index contributed by atoms with van der Waals surface area (Å²) in [6.07, 6.45) is 3.69. The Morgan fingerprint density at radius 3 is 2.63 bits per heavy atom. The summed E-state index contributed by atoms with van der Waals surface area (Å²) in [5.74, 6) is -0.109. The van der Waals surface area contributed by atoms with Gasteiger partial charge in [-0.25, -0.2) is 4.39 Å². The van der Waals surface area contributed by atoms with E-state index in [1.807, 2.05) is 6.07 Å². The summed E-state index contributed by atoms with van der Waals surface area (Å²) < 4.78 is 12.8. The van der Waals surface area contributed by atoms with E-state index in [1.165, 1.54) is 29.7 Å². The number of aliphatic imine (C=N–C) groups is 1. The smallest absolute Gasteiger partial charge is 0.224 e. The molecule has 0 spiro atoms. The van der Waals surface area contributed by atoms with Crippen molar-refractivity contribution in [2.75, 3.05) is 18.4 Å². The number of aryl methyl sites for hydroxylation is 2. The molecule has 0 aliphatic heterocycles. The van der Waals surface area contributed by atoms with Crippen LogP contribution < -0.4 is 16.4 Å². The van der Waals surface area contributed by atoms with Crippen LogP contribution in [0, 0.1) is 5.82 Å². The average Bonchev–Trinajstić information content (AvgIpc) is 3.08. The van der Waals surface area contributed by atoms with Crippen LogP contribution in [-0.2, 0) is 24.1 Å². The van der Waals surface area contributed by atoms with E-state index in [0.29, 0.717) is 19.0 Å². The minimum Gasteiger partial charge on any atom is -0.370 e. The highest BCUT2D eigenvalue weighted by Gasteiger charge is 2.10. The van der Waals surface area contributed by atoms with Gasteiger partial charge in [-0.2, -0.15) is 0 Å². The van der Waals surface area contributed by atoms with Gasteiger partial charge in [0.25, 0.3) is 0 Å². The molecule has 0 bridgehead atoms. The summed E-state index contributed by atoms with van der Waals surface area (Å²) in [7, 11) is 0. The maximum atomic E-state index is 12.8. The van der Waals surface area contributed by atoms with Crippen molar-refractivity contribution >= 4 is 41.5 Å². The lowest BCUT2D eigenvalue weighted by atomic mass is 10.1. The third kappa shape index (κ3) is 6.50. The van der Waals surface area contributed by atoms with E-state index in [1.54, 1.807) is 12.1 Å². The summed E-state index contributed by atoms with van der Waals surface area (Å²) in [6.45, 7) is 0.783. The highest BCUT2D eigenvalue weighted by atomic mass is 127. The van der Waals surface area contributed by atoms with Crippen LogP contribution in [0.3, 0.4) is 0 Å². The Hall–Kier alpha value is -2.16. The lowest BCUT2D eigenvalue weighted by molar-refractivity contribution is -0.120. The topological polar surface area (TPSA) is 79.5 Å². The van der Waals surface area contributed by atoms with Gasteiger partial charge in [0.1, 0.15) is 5.82 Å². The fourth-order valence-corrected chi connectivity index (χ4v) is 3.06. The molecule has 2 aromatic rings. The summed E-state index contributed by atoms with van der Waals surface area (Å²) in [6, 6.07) is 12.2. The number of anilines is 1. The highest BCUT2D eigenvalue weighted by Crippen LogP contribution is 2.24. The van der Waals surface area contributed by atoms with Crippen molar-refractivity contribution in [3.05, 3.63) is 65.0 Å². The standard InChI is InChI=1S/C20H23FN4O.HI/c21-17-7-4-14(5-8-17)12-19(26)23-10-11-24-20(22)25-18-9-6-15-2-1-3-16(15)13-18;/h4-9,13H,1-3,10-12H2,(H,23,26)(H3,22,24,25);1H. The zero-order chi connectivity index (χ0) is 18.4. The van der Waals surface area contributed by atoms with Gasteiger partial charge in [-0.05, 0) is 60.2 Å². The number of carbonyl (C=O) groups is 1. The first kappa shape index (κ1) is 21.1. The van der Waals surface area contributed by atoms with Gasteiger partial charge in [0.05, 0.1) is 13.0 Å². The zero-order valence-corrected chi connectivity index (χ0v) is 17.3. The number of guanidine groups is 1. The van der Waals surface area contributed by atoms with E-state index >= 15 is 0 Å². The number of benzene rings is 2. The third-order valence-electron chi connectivity index (χ3n) is 4.36. The van der Waals surface area contributed by atoms with Gasteiger partial charge in [-0.3, -0.25) is 9.79 Å². The van der Waals surface area contributed by atoms with Gasteiger partial charge >= 0.3 is 0 Å². The van der Waals surface area contributed by atoms with Crippen LogP contribution in [0.2, 0.25) is 0 Å². The van der Waals surface area contributed by atoms with Gasteiger partial charge in [0.2, 0.25) is 5.91 Å². The Kier molecular flexibility index (Phi) is 8.02. The molecular weight excluding hydrogens is 458 g/mol. The van der Waals surface area contributed by atoms with Gasteiger partial charge in [-0.1, -0.05) is 18.2 Å². The second-order valence-electron chi connectivity index (χ2n) is 6.38. The molecule has 5 nitrogen and oxygen atoms in total. The van der Waals surface area contributed by atoms with Gasteiger partial charge in [0, 0.05) is 12.2 Å². The Labute approximate surface area is 175 Å².